The molecule has 1 aromatic heterocycles. The van der Waals surface area contributed by atoms with Gasteiger partial charge in [0.05, 0.1) is 12.2 Å². The lowest BCUT2D eigenvalue weighted by molar-refractivity contribution is 0.102. The van der Waals surface area contributed by atoms with Gasteiger partial charge in [-0.15, -0.1) is 17.5 Å². The van der Waals surface area contributed by atoms with E-state index in [4.69, 9.17) is 0 Å². The van der Waals surface area contributed by atoms with Gasteiger partial charge in [-0.25, -0.2) is 4.68 Å². The molecule has 7 heteroatoms. The molecule has 1 fully saturated rings. The second-order valence-corrected chi connectivity index (χ2v) is 5.82. The van der Waals surface area contributed by atoms with Crippen molar-refractivity contribution in [1.29, 1.82) is 0 Å². The van der Waals surface area contributed by atoms with Crippen molar-refractivity contribution in [2.24, 2.45) is 0 Å². The summed E-state index contributed by atoms with van der Waals surface area (Å²) in [6.45, 7) is 6.04. The number of carbonyl (C=O) groups excluding carboxylic acids is 1. The Labute approximate surface area is 142 Å². The van der Waals surface area contributed by atoms with Crippen molar-refractivity contribution in [2.75, 3.05) is 18.4 Å². The molecule has 23 heavy (non-hydrogen) atoms. The van der Waals surface area contributed by atoms with Crippen molar-refractivity contribution >= 4 is 24.0 Å². The quantitative estimate of drug-likeness (QED) is 0.904. The lowest BCUT2D eigenvalue weighted by Gasteiger charge is -2.22. The number of hydrogen-bond donors (Lipinski definition) is 2. The molecule has 0 spiro atoms. The molecule has 2 heterocycles. The van der Waals surface area contributed by atoms with Gasteiger partial charge < -0.3 is 10.6 Å². The molecule has 0 saturated carbocycles. The van der Waals surface area contributed by atoms with E-state index >= 15 is 0 Å². The van der Waals surface area contributed by atoms with Gasteiger partial charge >= 0.3 is 0 Å². The Kier molecular flexibility index (Phi) is 5.74. The number of nitrogens with zero attached hydrogens (tertiary/aromatic N) is 3. The number of aromatic nitrogens is 3. The molecule has 0 radical (unpaired) electrons. The van der Waals surface area contributed by atoms with Crippen molar-refractivity contribution in [3.8, 4) is 0 Å². The van der Waals surface area contributed by atoms with Crippen LogP contribution < -0.4 is 10.6 Å². The SMILES string of the molecule is Cc1ccc(NC(=O)c2cn(C3CCNCC3)nn2)cc1C.Cl. The first-order valence-corrected chi connectivity index (χ1v) is 7.64. The lowest BCUT2D eigenvalue weighted by atomic mass is 10.1. The normalized spacial score (nSPS) is 15.0. The second-order valence-electron chi connectivity index (χ2n) is 5.82. The van der Waals surface area contributed by atoms with Crippen LogP contribution in [-0.2, 0) is 0 Å². The molecule has 0 atom stereocenters. The molecule has 1 amide bonds. The summed E-state index contributed by atoms with van der Waals surface area (Å²) in [5.41, 5.74) is 3.49. The van der Waals surface area contributed by atoms with Crippen molar-refractivity contribution in [1.82, 2.24) is 20.3 Å². The highest BCUT2D eigenvalue weighted by Crippen LogP contribution is 2.18. The summed E-state index contributed by atoms with van der Waals surface area (Å²) in [4.78, 5) is 12.3. The van der Waals surface area contributed by atoms with Gasteiger partial charge in [-0.3, -0.25) is 4.79 Å². The minimum absolute atomic E-state index is 0. The van der Waals surface area contributed by atoms with Gasteiger partial charge in [-0.2, -0.15) is 0 Å². The smallest absolute Gasteiger partial charge is 0.277 e. The summed E-state index contributed by atoms with van der Waals surface area (Å²) in [5.74, 6) is -0.219. The minimum Gasteiger partial charge on any atom is -0.321 e. The predicted octanol–water partition coefficient (Wildman–Crippen LogP) is 2.49. The minimum atomic E-state index is -0.219. The van der Waals surface area contributed by atoms with E-state index in [1.807, 2.05) is 36.7 Å². The van der Waals surface area contributed by atoms with E-state index in [2.05, 4.69) is 20.9 Å². The van der Waals surface area contributed by atoms with E-state index < -0.39 is 0 Å². The fourth-order valence-corrected chi connectivity index (χ4v) is 2.64. The van der Waals surface area contributed by atoms with Crippen LogP contribution >= 0.6 is 12.4 Å². The average Bonchev–Trinajstić information content (AvgIpc) is 3.02. The predicted molar refractivity (Wildman–Crippen MR) is 92.3 cm³/mol. The lowest BCUT2D eigenvalue weighted by Crippen LogP contribution is -2.29. The Morgan fingerprint density at radius 1 is 1.26 bits per heavy atom. The maximum absolute atomic E-state index is 12.3. The molecule has 1 saturated heterocycles. The van der Waals surface area contributed by atoms with Gasteiger partial charge in [-0.05, 0) is 63.0 Å². The van der Waals surface area contributed by atoms with Crippen LogP contribution in [0, 0.1) is 13.8 Å². The van der Waals surface area contributed by atoms with Gasteiger partial charge in [0.2, 0.25) is 0 Å². The number of carbonyl (C=O) groups is 1. The van der Waals surface area contributed by atoms with Crippen LogP contribution in [0.2, 0.25) is 0 Å². The van der Waals surface area contributed by atoms with Crippen molar-refractivity contribution in [3.05, 3.63) is 41.2 Å². The molecule has 0 unspecified atom stereocenters. The molecule has 2 N–H and O–H groups in total. The van der Waals surface area contributed by atoms with Crippen LogP contribution in [0.25, 0.3) is 0 Å². The number of aryl methyl sites for hydroxylation is 2. The first-order chi connectivity index (χ1) is 10.6. The summed E-state index contributed by atoms with van der Waals surface area (Å²) in [5, 5.41) is 14.3. The van der Waals surface area contributed by atoms with Crippen LogP contribution in [0.4, 0.5) is 5.69 Å². The third-order valence-corrected chi connectivity index (χ3v) is 4.19. The van der Waals surface area contributed by atoms with E-state index in [9.17, 15) is 4.79 Å². The number of halogens is 1. The molecular formula is C16H22ClN5O. The van der Waals surface area contributed by atoms with Gasteiger partial charge in [0.25, 0.3) is 5.91 Å². The molecule has 124 valence electrons. The Bertz CT molecular complexity index is 679. The first kappa shape index (κ1) is 17.4. The van der Waals surface area contributed by atoms with Gasteiger partial charge in [-0.1, -0.05) is 11.3 Å². The third kappa shape index (κ3) is 4.09. The highest BCUT2D eigenvalue weighted by Gasteiger charge is 2.18. The number of rotatable bonds is 3. The summed E-state index contributed by atoms with van der Waals surface area (Å²) < 4.78 is 1.82. The number of anilines is 1. The van der Waals surface area contributed by atoms with E-state index in [0.717, 1.165) is 37.2 Å². The Balaban J connectivity index is 0.00000192. The van der Waals surface area contributed by atoms with Crippen LogP contribution in [0.3, 0.4) is 0 Å². The molecule has 3 rings (SSSR count). The maximum atomic E-state index is 12.3. The number of hydrogen-bond acceptors (Lipinski definition) is 4. The number of benzene rings is 1. The van der Waals surface area contributed by atoms with Crippen molar-refractivity contribution < 1.29 is 4.79 Å². The standard InChI is InChI=1S/C16H21N5O.ClH/c1-11-3-4-13(9-12(11)2)18-16(22)15-10-21(20-19-15)14-5-7-17-8-6-14;/h3-4,9-10,14,17H,5-8H2,1-2H3,(H,18,22);1H. The van der Waals surface area contributed by atoms with Gasteiger partial charge in [0.15, 0.2) is 5.69 Å². The van der Waals surface area contributed by atoms with E-state index in [0.29, 0.717) is 11.7 Å². The topological polar surface area (TPSA) is 71.8 Å². The fraction of sp³-hybridized carbons (Fsp3) is 0.438. The number of piperidine rings is 1. The van der Waals surface area contributed by atoms with Gasteiger partial charge in [0, 0.05) is 5.69 Å². The monoisotopic (exact) mass is 335 g/mol. The van der Waals surface area contributed by atoms with Crippen molar-refractivity contribution in [3.63, 3.8) is 0 Å². The van der Waals surface area contributed by atoms with Crippen LogP contribution in [0.15, 0.2) is 24.4 Å². The molecule has 1 aliphatic heterocycles. The molecule has 0 aliphatic carbocycles. The zero-order chi connectivity index (χ0) is 15.5. The molecule has 6 nitrogen and oxygen atoms in total. The summed E-state index contributed by atoms with van der Waals surface area (Å²) in [6.07, 6.45) is 3.77. The van der Waals surface area contributed by atoms with Crippen LogP contribution in [0.5, 0.6) is 0 Å². The molecule has 2 aromatic rings. The van der Waals surface area contributed by atoms with Crippen molar-refractivity contribution in [2.45, 2.75) is 32.7 Å². The van der Waals surface area contributed by atoms with Gasteiger partial charge in [0.1, 0.15) is 0 Å². The van der Waals surface area contributed by atoms with E-state index in [1.54, 1.807) is 6.20 Å². The molecule has 1 aliphatic rings. The zero-order valence-electron chi connectivity index (χ0n) is 13.4. The average molecular weight is 336 g/mol. The van der Waals surface area contributed by atoms with Crippen LogP contribution in [-0.4, -0.2) is 34.0 Å². The Morgan fingerprint density at radius 3 is 2.70 bits per heavy atom. The van der Waals surface area contributed by atoms with Crippen LogP contribution in [0.1, 0.15) is 40.5 Å². The number of amides is 1. The summed E-state index contributed by atoms with van der Waals surface area (Å²) in [6, 6.07) is 6.19. The fourth-order valence-electron chi connectivity index (χ4n) is 2.64. The summed E-state index contributed by atoms with van der Waals surface area (Å²) >= 11 is 0. The largest absolute Gasteiger partial charge is 0.321 e. The summed E-state index contributed by atoms with van der Waals surface area (Å²) in [7, 11) is 0. The highest BCUT2D eigenvalue weighted by molar-refractivity contribution is 6.02. The molecular weight excluding hydrogens is 314 g/mol. The third-order valence-electron chi connectivity index (χ3n) is 4.19. The van der Waals surface area contributed by atoms with E-state index in [-0.39, 0.29) is 18.3 Å². The number of nitrogens with one attached hydrogen (secondary N) is 2. The molecule has 1 aromatic carbocycles. The Morgan fingerprint density at radius 2 is 2.00 bits per heavy atom. The second kappa shape index (κ2) is 7.57. The highest BCUT2D eigenvalue weighted by atomic mass is 35.5. The maximum Gasteiger partial charge on any atom is 0.277 e. The first-order valence-electron chi connectivity index (χ1n) is 7.64. The zero-order valence-corrected chi connectivity index (χ0v) is 14.2. The van der Waals surface area contributed by atoms with E-state index in [1.165, 1.54) is 5.56 Å². The molecule has 0 bridgehead atoms. The Hall–Kier alpha value is -1.92.